The number of carbonyl (C=O) groups is 1. The van der Waals surface area contributed by atoms with Crippen molar-refractivity contribution in [3.05, 3.63) is 60.2 Å². The van der Waals surface area contributed by atoms with Crippen LogP contribution in [0.4, 0.5) is 5.69 Å². The summed E-state index contributed by atoms with van der Waals surface area (Å²) in [5, 5.41) is 2.59. The van der Waals surface area contributed by atoms with Crippen LogP contribution >= 0.6 is 0 Å². The molecule has 0 heterocycles. The molecular weight excluding hydrogens is 288 g/mol. The van der Waals surface area contributed by atoms with Crippen molar-refractivity contribution in [1.82, 2.24) is 4.72 Å². The van der Waals surface area contributed by atoms with Gasteiger partial charge in [0.15, 0.2) is 0 Å². The van der Waals surface area contributed by atoms with E-state index in [2.05, 4.69) is 10.0 Å². The molecule has 1 amide bonds. The Balaban J connectivity index is 2.07. The second-order valence-corrected chi connectivity index (χ2v) is 6.28. The lowest BCUT2D eigenvalue weighted by Crippen LogP contribution is -2.23. The monoisotopic (exact) mass is 304 g/mol. The molecule has 0 bridgehead atoms. The third-order valence-electron chi connectivity index (χ3n) is 2.79. The van der Waals surface area contributed by atoms with Gasteiger partial charge in [-0.3, -0.25) is 4.79 Å². The number of amides is 1. The number of benzene rings is 2. The number of hydrogen-bond acceptors (Lipinski definition) is 3. The van der Waals surface area contributed by atoms with Crippen LogP contribution in [0.5, 0.6) is 0 Å². The molecular formula is C15H16N2O3S. The highest BCUT2D eigenvalue weighted by Crippen LogP contribution is 2.14. The van der Waals surface area contributed by atoms with Crippen molar-refractivity contribution in [3.8, 4) is 0 Å². The second-order valence-electron chi connectivity index (χ2n) is 4.52. The third kappa shape index (κ3) is 4.40. The third-order valence-corrected chi connectivity index (χ3v) is 4.21. The van der Waals surface area contributed by atoms with Gasteiger partial charge in [-0.05, 0) is 29.8 Å². The average Bonchev–Trinajstić information content (AvgIpc) is 2.46. The Morgan fingerprint density at radius 2 is 1.62 bits per heavy atom. The molecule has 0 unspecified atom stereocenters. The Labute approximate surface area is 124 Å². The molecule has 6 heteroatoms. The molecule has 0 aliphatic rings. The first kappa shape index (κ1) is 15.2. The van der Waals surface area contributed by atoms with E-state index >= 15 is 0 Å². The predicted octanol–water partition coefficient (Wildman–Crippen LogP) is 2.12. The van der Waals surface area contributed by atoms with Gasteiger partial charge in [0.25, 0.3) is 0 Å². The van der Waals surface area contributed by atoms with Crippen LogP contribution in [-0.4, -0.2) is 14.3 Å². The van der Waals surface area contributed by atoms with Crippen molar-refractivity contribution < 1.29 is 13.2 Å². The minimum Gasteiger partial charge on any atom is -0.326 e. The summed E-state index contributed by atoms with van der Waals surface area (Å²) in [5.41, 5.74) is 1.44. The zero-order valence-corrected chi connectivity index (χ0v) is 12.4. The summed E-state index contributed by atoms with van der Waals surface area (Å²) in [5.74, 6) is -0.201. The largest absolute Gasteiger partial charge is 0.326 e. The van der Waals surface area contributed by atoms with Gasteiger partial charge in [-0.2, -0.15) is 0 Å². The van der Waals surface area contributed by atoms with Crippen molar-refractivity contribution in [3.63, 3.8) is 0 Å². The maximum absolute atomic E-state index is 12.1. The summed E-state index contributed by atoms with van der Waals surface area (Å²) in [6.45, 7) is 1.63. The van der Waals surface area contributed by atoms with Gasteiger partial charge < -0.3 is 5.32 Å². The van der Waals surface area contributed by atoms with E-state index in [1.807, 2.05) is 30.3 Å². The van der Waals surface area contributed by atoms with Crippen LogP contribution in [0.2, 0.25) is 0 Å². The molecule has 0 atom stereocenters. The molecule has 0 saturated carbocycles. The van der Waals surface area contributed by atoms with E-state index in [0.29, 0.717) is 5.69 Å². The molecule has 0 saturated heterocycles. The fourth-order valence-electron chi connectivity index (χ4n) is 1.78. The van der Waals surface area contributed by atoms with E-state index in [-0.39, 0.29) is 17.3 Å². The molecule has 110 valence electrons. The highest BCUT2D eigenvalue weighted by atomic mass is 32.2. The fourth-order valence-corrected chi connectivity index (χ4v) is 2.80. The quantitative estimate of drug-likeness (QED) is 0.888. The first-order valence-corrected chi connectivity index (χ1v) is 7.87. The number of rotatable bonds is 5. The van der Waals surface area contributed by atoms with Gasteiger partial charge in [0.2, 0.25) is 15.9 Å². The Hall–Kier alpha value is -2.18. The van der Waals surface area contributed by atoms with Gasteiger partial charge in [-0.1, -0.05) is 30.3 Å². The fraction of sp³-hybridized carbons (Fsp3) is 0.133. The van der Waals surface area contributed by atoms with Crippen LogP contribution in [0, 0.1) is 0 Å². The van der Waals surface area contributed by atoms with Gasteiger partial charge >= 0.3 is 0 Å². The molecule has 2 N–H and O–H groups in total. The highest BCUT2D eigenvalue weighted by Gasteiger charge is 2.13. The topological polar surface area (TPSA) is 75.3 Å². The summed E-state index contributed by atoms with van der Waals surface area (Å²) in [6.07, 6.45) is 0. The molecule has 0 aromatic heterocycles. The normalized spacial score (nSPS) is 11.1. The molecule has 0 aliphatic heterocycles. The second kappa shape index (κ2) is 6.51. The highest BCUT2D eigenvalue weighted by molar-refractivity contribution is 7.89. The van der Waals surface area contributed by atoms with Crippen molar-refractivity contribution in [2.24, 2.45) is 0 Å². The zero-order valence-electron chi connectivity index (χ0n) is 11.5. The van der Waals surface area contributed by atoms with E-state index in [0.717, 1.165) is 5.56 Å². The molecule has 5 nitrogen and oxygen atoms in total. The van der Waals surface area contributed by atoms with E-state index in [4.69, 9.17) is 0 Å². The summed E-state index contributed by atoms with van der Waals surface area (Å²) >= 11 is 0. The standard InChI is InChI=1S/C15H16N2O3S/c1-12(18)17-14-7-9-15(10-8-14)21(19,20)16-11-13-5-3-2-4-6-13/h2-10,16H,11H2,1H3,(H,17,18). The van der Waals surface area contributed by atoms with Gasteiger partial charge in [-0.15, -0.1) is 0 Å². The maximum atomic E-state index is 12.1. The lowest BCUT2D eigenvalue weighted by Gasteiger charge is -2.08. The van der Waals surface area contributed by atoms with Crippen molar-refractivity contribution in [1.29, 1.82) is 0 Å². The maximum Gasteiger partial charge on any atom is 0.240 e. The summed E-state index contributed by atoms with van der Waals surface area (Å²) in [6, 6.07) is 15.3. The van der Waals surface area contributed by atoms with Gasteiger partial charge in [0, 0.05) is 19.2 Å². The van der Waals surface area contributed by atoms with Crippen LogP contribution in [0.1, 0.15) is 12.5 Å². The van der Waals surface area contributed by atoms with Gasteiger partial charge in [0.05, 0.1) is 4.90 Å². The SMILES string of the molecule is CC(=O)Nc1ccc(S(=O)(=O)NCc2ccccc2)cc1. The number of carbonyl (C=O) groups excluding carboxylic acids is 1. The van der Waals surface area contributed by atoms with Crippen LogP contribution in [0.25, 0.3) is 0 Å². The molecule has 0 spiro atoms. The van der Waals surface area contributed by atoms with Crippen LogP contribution in [0.15, 0.2) is 59.5 Å². The predicted molar refractivity (Wildman–Crippen MR) is 81.2 cm³/mol. The summed E-state index contributed by atoms with van der Waals surface area (Å²) in [4.78, 5) is 11.1. The summed E-state index contributed by atoms with van der Waals surface area (Å²) < 4.78 is 26.8. The lowest BCUT2D eigenvalue weighted by atomic mass is 10.2. The molecule has 2 aromatic carbocycles. The Kier molecular flexibility index (Phi) is 4.72. The van der Waals surface area contributed by atoms with Crippen molar-refractivity contribution in [2.75, 3.05) is 5.32 Å². The van der Waals surface area contributed by atoms with Gasteiger partial charge in [-0.25, -0.2) is 13.1 Å². The molecule has 0 radical (unpaired) electrons. The minimum absolute atomic E-state index is 0.160. The minimum atomic E-state index is -3.57. The molecule has 0 aliphatic carbocycles. The smallest absolute Gasteiger partial charge is 0.240 e. The van der Waals surface area contributed by atoms with Crippen LogP contribution in [-0.2, 0) is 21.4 Å². The van der Waals surface area contributed by atoms with Crippen molar-refractivity contribution >= 4 is 21.6 Å². The first-order chi connectivity index (χ1) is 9.97. The van der Waals surface area contributed by atoms with Crippen molar-refractivity contribution in [2.45, 2.75) is 18.4 Å². The number of hydrogen-bond donors (Lipinski definition) is 2. The Morgan fingerprint density at radius 3 is 2.19 bits per heavy atom. The molecule has 2 rings (SSSR count). The Bertz CT molecular complexity index is 710. The van der Waals surface area contributed by atoms with Gasteiger partial charge in [0.1, 0.15) is 0 Å². The Morgan fingerprint density at radius 1 is 1.00 bits per heavy atom. The van der Waals surface area contributed by atoms with E-state index in [1.54, 1.807) is 12.1 Å². The number of anilines is 1. The van der Waals surface area contributed by atoms with E-state index in [9.17, 15) is 13.2 Å². The molecule has 2 aromatic rings. The molecule has 0 fully saturated rings. The van der Waals surface area contributed by atoms with Crippen LogP contribution in [0.3, 0.4) is 0 Å². The number of nitrogens with one attached hydrogen (secondary N) is 2. The van der Waals surface area contributed by atoms with Crippen LogP contribution < -0.4 is 10.0 Å². The summed E-state index contributed by atoms with van der Waals surface area (Å²) in [7, 11) is -3.57. The first-order valence-electron chi connectivity index (χ1n) is 6.38. The van der Waals surface area contributed by atoms with E-state index in [1.165, 1.54) is 19.1 Å². The lowest BCUT2D eigenvalue weighted by molar-refractivity contribution is -0.114. The molecule has 21 heavy (non-hydrogen) atoms. The van der Waals surface area contributed by atoms with E-state index < -0.39 is 10.0 Å². The number of sulfonamides is 1. The average molecular weight is 304 g/mol. The zero-order chi connectivity index (χ0) is 15.3.